The fraction of sp³-hybridized carbons (Fsp3) is 0.842. The van der Waals surface area contributed by atoms with Gasteiger partial charge in [-0.3, -0.25) is 0 Å². The highest BCUT2D eigenvalue weighted by Crippen LogP contribution is 2.36. The van der Waals surface area contributed by atoms with Crippen LogP contribution in [-0.4, -0.2) is 36.3 Å². The number of hydrogen-bond donors (Lipinski definition) is 0. The first-order valence-electron chi connectivity index (χ1n) is 9.44. The third-order valence-corrected chi connectivity index (χ3v) is 4.89. The number of oxime groups is 1. The summed E-state index contributed by atoms with van der Waals surface area (Å²) >= 11 is 0. The van der Waals surface area contributed by atoms with E-state index in [0.29, 0.717) is 0 Å². The summed E-state index contributed by atoms with van der Waals surface area (Å²) in [4.78, 5) is 8.19. The van der Waals surface area contributed by atoms with Crippen LogP contribution in [0.3, 0.4) is 0 Å². The molecule has 0 spiro atoms. The van der Waals surface area contributed by atoms with Gasteiger partial charge in [0.05, 0.1) is 5.71 Å². The normalized spacial score (nSPS) is 24.0. The van der Waals surface area contributed by atoms with E-state index in [-0.39, 0.29) is 0 Å². The highest BCUT2D eigenvalue weighted by atomic mass is 16.6. The first-order valence-corrected chi connectivity index (χ1v) is 9.44. The lowest BCUT2D eigenvalue weighted by Crippen LogP contribution is -2.39. The van der Waals surface area contributed by atoms with Crippen LogP contribution in [-0.2, 0) is 4.84 Å². The molecule has 0 radical (unpaired) electrons. The quantitative estimate of drug-likeness (QED) is 0.469. The van der Waals surface area contributed by atoms with Gasteiger partial charge in [-0.25, -0.2) is 0 Å². The van der Waals surface area contributed by atoms with Gasteiger partial charge in [-0.2, -0.15) is 0 Å². The molecule has 0 bridgehead atoms. The van der Waals surface area contributed by atoms with Gasteiger partial charge in [-0.15, -0.1) is 0 Å². The van der Waals surface area contributed by atoms with Crippen LogP contribution in [0.2, 0.25) is 0 Å². The van der Waals surface area contributed by atoms with Gasteiger partial charge in [-0.05, 0) is 76.5 Å². The first kappa shape index (κ1) is 17.5. The van der Waals surface area contributed by atoms with E-state index in [0.717, 1.165) is 25.5 Å². The maximum atomic E-state index is 5.47. The Morgan fingerprint density at radius 3 is 2.50 bits per heavy atom. The lowest BCUT2D eigenvalue weighted by Gasteiger charge is -2.37. The highest BCUT2D eigenvalue weighted by Gasteiger charge is 2.29. The number of allylic oxidation sites excluding steroid dienone is 1. The molecule has 2 aliphatic carbocycles. The van der Waals surface area contributed by atoms with Gasteiger partial charge in [-0.1, -0.05) is 31.5 Å². The second-order valence-corrected chi connectivity index (χ2v) is 6.74. The third-order valence-electron chi connectivity index (χ3n) is 4.89. The van der Waals surface area contributed by atoms with E-state index in [1.54, 1.807) is 11.1 Å². The Bertz CT molecular complexity index is 394. The highest BCUT2D eigenvalue weighted by molar-refractivity contribution is 6.01. The van der Waals surface area contributed by atoms with Crippen molar-refractivity contribution in [3.63, 3.8) is 0 Å². The predicted molar refractivity (Wildman–Crippen MR) is 94.3 cm³/mol. The Balaban J connectivity index is 2.04. The van der Waals surface area contributed by atoms with Crippen LogP contribution in [0.4, 0.5) is 0 Å². The molecular weight excluding hydrogens is 272 g/mol. The summed E-state index contributed by atoms with van der Waals surface area (Å²) < 4.78 is 0. The fourth-order valence-electron chi connectivity index (χ4n) is 3.90. The molecule has 0 fully saturated rings. The molecule has 0 saturated heterocycles. The molecule has 2 rings (SSSR count). The zero-order chi connectivity index (χ0) is 15.8. The molecule has 0 saturated carbocycles. The van der Waals surface area contributed by atoms with Gasteiger partial charge < -0.3 is 9.74 Å². The van der Waals surface area contributed by atoms with Crippen LogP contribution in [0.15, 0.2) is 16.3 Å². The monoisotopic (exact) mass is 306 g/mol. The Hall–Kier alpha value is -0.830. The molecule has 0 aromatic heterocycles. The van der Waals surface area contributed by atoms with Gasteiger partial charge in [0.2, 0.25) is 0 Å². The number of hydrogen-bond acceptors (Lipinski definition) is 3. The molecule has 22 heavy (non-hydrogen) atoms. The van der Waals surface area contributed by atoms with Crippen molar-refractivity contribution in [1.29, 1.82) is 0 Å². The number of rotatable bonds is 8. The van der Waals surface area contributed by atoms with Crippen LogP contribution in [0, 0.1) is 0 Å². The Morgan fingerprint density at radius 2 is 1.82 bits per heavy atom. The van der Waals surface area contributed by atoms with Gasteiger partial charge in [0.25, 0.3) is 0 Å². The van der Waals surface area contributed by atoms with E-state index in [1.165, 1.54) is 63.7 Å². The Kier molecular flexibility index (Phi) is 7.44. The minimum atomic E-state index is 0.746. The zero-order valence-corrected chi connectivity index (χ0v) is 14.9. The van der Waals surface area contributed by atoms with E-state index in [1.807, 2.05) is 0 Å². The largest absolute Gasteiger partial charge is 0.396 e. The number of nitrogens with zero attached hydrogens (tertiary/aromatic N) is 2. The Labute approximate surface area is 136 Å². The average Bonchev–Trinajstić information content (AvgIpc) is 2.54. The lowest BCUT2D eigenvalue weighted by molar-refractivity contribution is 0.143. The van der Waals surface area contributed by atoms with Crippen molar-refractivity contribution in [2.24, 2.45) is 5.16 Å². The van der Waals surface area contributed by atoms with Crippen LogP contribution >= 0.6 is 0 Å². The fourth-order valence-corrected chi connectivity index (χ4v) is 3.90. The average molecular weight is 306 g/mol. The van der Waals surface area contributed by atoms with Crippen LogP contribution in [0.5, 0.6) is 0 Å². The molecule has 0 amide bonds. The minimum absolute atomic E-state index is 0.746. The molecule has 0 aromatic rings. The molecule has 3 nitrogen and oxygen atoms in total. The molecule has 0 unspecified atom stereocenters. The van der Waals surface area contributed by atoms with Gasteiger partial charge >= 0.3 is 0 Å². The standard InChI is InChI=1S/C19H34N2O/c1-4-12-21(13-5-2)17-10-11-18-16(15-17)8-7-9-19(18)20-22-14-6-3/h17H,4-15H2,1-3H3/b20-19+/t17-/m1/s1. The second-order valence-electron chi connectivity index (χ2n) is 6.74. The van der Waals surface area contributed by atoms with Crippen molar-refractivity contribution in [2.45, 2.75) is 84.6 Å². The summed E-state index contributed by atoms with van der Waals surface area (Å²) in [6.45, 7) is 9.98. The molecule has 0 aromatic carbocycles. The molecule has 1 atom stereocenters. The zero-order valence-electron chi connectivity index (χ0n) is 14.9. The van der Waals surface area contributed by atoms with Crippen LogP contribution in [0.25, 0.3) is 0 Å². The van der Waals surface area contributed by atoms with Crippen molar-refractivity contribution in [2.75, 3.05) is 19.7 Å². The lowest BCUT2D eigenvalue weighted by atomic mass is 9.78. The summed E-state index contributed by atoms with van der Waals surface area (Å²) in [5, 5.41) is 4.45. The van der Waals surface area contributed by atoms with E-state index in [2.05, 4.69) is 30.8 Å². The van der Waals surface area contributed by atoms with E-state index in [9.17, 15) is 0 Å². The molecule has 0 aliphatic heterocycles. The van der Waals surface area contributed by atoms with Crippen molar-refractivity contribution < 1.29 is 4.84 Å². The predicted octanol–water partition coefficient (Wildman–Crippen LogP) is 4.92. The molecule has 3 heteroatoms. The van der Waals surface area contributed by atoms with E-state index in [4.69, 9.17) is 4.84 Å². The molecule has 0 heterocycles. The van der Waals surface area contributed by atoms with Gasteiger partial charge in [0.1, 0.15) is 6.61 Å². The maximum absolute atomic E-state index is 5.47. The van der Waals surface area contributed by atoms with Crippen molar-refractivity contribution in [1.82, 2.24) is 4.90 Å². The summed E-state index contributed by atoms with van der Waals surface area (Å²) in [6, 6.07) is 0.759. The van der Waals surface area contributed by atoms with Crippen LogP contribution < -0.4 is 0 Å². The molecule has 0 N–H and O–H groups in total. The van der Waals surface area contributed by atoms with Crippen LogP contribution in [0.1, 0.15) is 78.6 Å². The summed E-state index contributed by atoms with van der Waals surface area (Å²) in [6.07, 6.45) is 11.0. The van der Waals surface area contributed by atoms with Crippen molar-refractivity contribution >= 4 is 5.71 Å². The van der Waals surface area contributed by atoms with Crippen molar-refractivity contribution in [3.05, 3.63) is 11.1 Å². The van der Waals surface area contributed by atoms with Gasteiger partial charge in [0.15, 0.2) is 0 Å². The smallest absolute Gasteiger partial charge is 0.116 e. The summed E-state index contributed by atoms with van der Waals surface area (Å²) in [7, 11) is 0. The first-order chi connectivity index (χ1) is 10.8. The van der Waals surface area contributed by atoms with Crippen molar-refractivity contribution in [3.8, 4) is 0 Å². The SMILES string of the molecule is CCCO/N=C1\CCCC2=C1CC[C@@H](N(CCC)CCC)C2. The van der Waals surface area contributed by atoms with Gasteiger partial charge in [0, 0.05) is 6.04 Å². The summed E-state index contributed by atoms with van der Waals surface area (Å²) in [5.41, 5.74) is 4.48. The minimum Gasteiger partial charge on any atom is -0.396 e. The maximum Gasteiger partial charge on any atom is 0.116 e. The Morgan fingerprint density at radius 1 is 1.05 bits per heavy atom. The third kappa shape index (κ3) is 4.58. The van der Waals surface area contributed by atoms with E-state index < -0.39 is 0 Å². The topological polar surface area (TPSA) is 24.8 Å². The summed E-state index contributed by atoms with van der Waals surface area (Å²) in [5.74, 6) is 0. The van der Waals surface area contributed by atoms with E-state index >= 15 is 0 Å². The second kappa shape index (κ2) is 9.34. The molecular formula is C19H34N2O. The molecule has 2 aliphatic rings. The molecule has 126 valence electrons.